The first kappa shape index (κ1) is 16.0. The van der Waals surface area contributed by atoms with Gasteiger partial charge < -0.3 is 14.8 Å². The maximum atomic E-state index is 12.1. The Hall–Kier alpha value is -2.87. The molecule has 0 saturated heterocycles. The molecule has 3 N–H and O–H groups in total. The largest absolute Gasteiger partial charge is 0.466 e. The van der Waals surface area contributed by atoms with E-state index in [1.54, 1.807) is 36.6 Å². The third kappa shape index (κ3) is 3.09. The van der Waals surface area contributed by atoms with Gasteiger partial charge in [-0.3, -0.25) is 9.72 Å². The fourth-order valence-electron chi connectivity index (χ4n) is 2.59. The van der Waals surface area contributed by atoms with E-state index in [-0.39, 0.29) is 6.54 Å². The highest BCUT2D eigenvalue weighted by molar-refractivity contribution is 5.87. The fraction of sp³-hybridized carbons (Fsp3) is 0.312. The first-order valence-electron chi connectivity index (χ1n) is 7.51. The molecule has 3 rings (SSSR count). The SMILES string of the molecule is Cc1cc(C(C)(O)CNC(=O)Nc2nnc3ccccn23)c(C)o1. The van der Waals surface area contributed by atoms with Crippen LogP contribution in [-0.4, -0.2) is 32.3 Å². The molecule has 8 heteroatoms. The number of carbonyl (C=O) groups is 1. The van der Waals surface area contributed by atoms with Gasteiger partial charge in [0.1, 0.15) is 17.1 Å². The Bertz CT molecular complexity index is 881. The molecule has 0 aliphatic heterocycles. The van der Waals surface area contributed by atoms with Crippen LogP contribution in [0, 0.1) is 13.8 Å². The van der Waals surface area contributed by atoms with Crippen LogP contribution < -0.4 is 10.6 Å². The van der Waals surface area contributed by atoms with E-state index in [4.69, 9.17) is 4.42 Å². The molecule has 3 aromatic heterocycles. The lowest BCUT2D eigenvalue weighted by molar-refractivity contribution is 0.0584. The lowest BCUT2D eigenvalue weighted by Crippen LogP contribution is -2.41. The van der Waals surface area contributed by atoms with Gasteiger partial charge in [0.15, 0.2) is 5.65 Å². The smallest absolute Gasteiger partial charge is 0.321 e. The van der Waals surface area contributed by atoms with Gasteiger partial charge in [-0.05, 0) is 39.0 Å². The van der Waals surface area contributed by atoms with Gasteiger partial charge in [-0.15, -0.1) is 10.2 Å². The molecule has 0 spiro atoms. The lowest BCUT2D eigenvalue weighted by atomic mass is 9.96. The number of furan rings is 1. The van der Waals surface area contributed by atoms with Crippen molar-refractivity contribution in [2.75, 3.05) is 11.9 Å². The fourth-order valence-corrected chi connectivity index (χ4v) is 2.59. The Morgan fingerprint density at radius 1 is 1.38 bits per heavy atom. The van der Waals surface area contributed by atoms with E-state index < -0.39 is 11.6 Å². The molecule has 0 fully saturated rings. The number of carbonyl (C=O) groups excluding carboxylic acids is 1. The minimum Gasteiger partial charge on any atom is -0.466 e. The van der Waals surface area contributed by atoms with E-state index in [1.807, 2.05) is 19.1 Å². The van der Waals surface area contributed by atoms with E-state index in [1.165, 1.54) is 0 Å². The van der Waals surface area contributed by atoms with Crippen LogP contribution in [0.2, 0.25) is 0 Å². The molecule has 8 nitrogen and oxygen atoms in total. The Labute approximate surface area is 138 Å². The number of amides is 2. The van der Waals surface area contributed by atoms with Crippen LogP contribution in [0.3, 0.4) is 0 Å². The lowest BCUT2D eigenvalue weighted by Gasteiger charge is -2.23. The molecule has 0 bridgehead atoms. The molecule has 126 valence electrons. The summed E-state index contributed by atoms with van der Waals surface area (Å²) < 4.78 is 7.09. The van der Waals surface area contributed by atoms with Crippen molar-refractivity contribution in [2.24, 2.45) is 0 Å². The molecule has 0 aromatic carbocycles. The summed E-state index contributed by atoms with van der Waals surface area (Å²) in [4.78, 5) is 12.1. The van der Waals surface area contributed by atoms with Crippen molar-refractivity contribution in [3.05, 3.63) is 47.5 Å². The maximum absolute atomic E-state index is 12.1. The number of urea groups is 1. The van der Waals surface area contributed by atoms with Crippen LogP contribution in [-0.2, 0) is 5.60 Å². The Morgan fingerprint density at radius 2 is 2.17 bits per heavy atom. The number of aryl methyl sites for hydroxylation is 2. The van der Waals surface area contributed by atoms with E-state index in [0.717, 1.165) is 0 Å². The monoisotopic (exact) mass is 329 g/mol. The number of fused-ring (bicyclic) bond motifs is 1. The summed E-state index contributed by atoms with van der Waals surface area (Å²) >= 11 is 0. The van der Waals surface area contributed by atoms with Crippen LogP contribution in [0.1, 0.15) is 24.0 Å². The molecule has 24 heavy (non-hydrogen) atoms. The van der Waals surface area contributed by atoms with E-state index in [2.05, 4.69) is 20.8 Å². The first-order chi connectivity index (χ1) is 11.4. The average molecular weight is 329 g/mol. The summed E-state index contributed by atoms with van der Waals surface area (Å²) in [6, 6.07) is 6.71. The third-order valence-electron chi connectivity index (χ3n) is 3.75. The summed E-state index contributed by atoms with van der Waals surface area (Å²) in [5.41, 5.74) is 0.0315. The second kappa shape index (κ2) is 5.97. The van der Waals surface area contributed by atoms with Gasteiger partial charge in [0, 0.05) is 11.8 Å². The molecule has 3 aromatic rings. The van der Waals surface area contributed by atoms with Crippen LogP contribution in [0.25, 0.3) is 5.65 Å². The predicted molar refractivity (Wildman–Crippen MR) is 87.8 cm³/mol. The van der Waals surface area contributed by atoms with Crippen molar-refractivity contribution < 1.29 is 14.3 Å². The van der Waals surface area contributed by atoms with Gasteiger partial charge in [-0.25, -0.2) is 4.79 Å². The van der Waals surface area contributed by atoms with E-state index >= 15 is 0 Å². The minimum absolute atomic E-state index is 0.0232. The van der Waals surface area contributed by atoms with Gasteiger partial charge in [0.05, 0.1) is 6.54 Å². The number of aliphatic hydroxyl groups is 1. The molecular weight excluding hydrogens is 310 g/mol. The number of nitrogens with zero attached hydrogens (tertiary/aromatic N) is 3. The standard InChI is InChI=1S/C16H19N5O3/c1-10-8-12(11(2)24-10)16(3,23)9-17-15(22)18-14-20-19-13-6-4-5-7-21(13)14/h4-8,23H,9H2,1-3H3,(H2,17,18,20,22). The molecular formula is C16H19N5O3. The van der Waals surface area contributed by atoms with Crippen molar-refractivity contribution in [3.8, 4) is 0 Å². The van der Waals surface area contributed by atoms with E-state index in [0.29, 0.717) is 28.7 Å². The van der Waals surface area contributed by atoms with Gasteiger partial charge >= 0.3 is 6.03 Å². The normalized spacial score (nSPS) is 13.7. The zero-order chi connectivity index (χ0) is 17.3. The quantitative estimate of drug-likeness (QED) is 0.679. The van der Waals surface area contributed by atoms with Crippen LogP contribution in [0.4, 0.5) is 10.7 Å². The number of aromatic nitrogens is 3. The Balaban J connectivity index is 1.66. The Kier molecular flexibility index (Phi) is 3.98. The Morgan fingerprint density at radius 3 is 2.88 bits per heavy atom. The first-order valence-corrected chi connectivity index (χ1v) is 7.51. The second-order valence-electron chi connectivity index (χ2n) is 5.86. The zero-order valence-electron chi connectivity index (χ0n) is 13.7. The number of pyridine rings is 1. The average Bonchev–Trinajstić information content (AvgIpc) is 3.09. The third-order valence-corrected chi connectivity index (χ3v) is 3.75. The van der Waals surface area contributed by atoms with Crippen molar-refractivity contribution in [1.29, 1.82) is 0 Å². The number of anilines is 1. The van der Waals surface area contributed by atoms with Crippen molar-refractivity contribution in [1.82, 2.24) is 19.9 Å². The summed E-state index contributed by atoms with van der Waals surface area (Å²) in [6.07, 6.45) is 1.75. The molecule has 2 amide bonds. The zero-order valence-corrected chi connectivity index (χ0v) is 13.7. The van der Waals surface area contributed by atoms with Crippen LogP contribution in [0.15, 0.2) is 34.9 Å². The molecule has 3 heterocycles. The highest BCUT2D eigenvalue weighted by atomic mass is 16.3. The number of hydrogen-bond donors (Lipinski definition) is 3. The number of nitrogens with one attached hydrogen (secondary N) is 2. The molecule has 0 aliphatic rings. The van der Waals surface area contributed by atoms with Crippen molar-refractivity contribution in [3.63, 3.8) is 0 Å². The van der Waals surface area contributed by atoms with E-state index in [9.17, 15) is 9.90 Å². The highest BCUT2D eigenvalue weighted by Crippen LogP contribution is 2.26. The summed E-state index contributed by atoms with van der Waals surface area (Å²) in [5.74, 6) is 1.64. The number of rotatable bonds is 4. The molecule has 0 aliphatic carbocycles. The second-order valence-corrected chi connectivity index (χ2v) is 5.86. The molecule has 0 radical (unpaired) electrons. The summed E-state index contributed by atoms with van der Waals surface area (Å²) in [7, 11) is 0. The maximum Gasteiger partial charge on any atom is 0.321 e. The highest BCUT2D eigenvalue weighted by Gasteiger charge is 2.28. The summed E-state index contributed by atoms with van der Waals surface area (Å²) in [6.45, 7) is 5.23. The van der Waals surface area contributed by atoms with Gasteiger partial charge in [-0.1, -0.05) is 6.07 Å². The minimum atomic E-state index is -1.24. The van der Waals surface area contributed by atoms with Gasteiger partial charge in [0.2, 0.25) is 5.95 Å². The van der Waals surface area contributed by atoms with Gasteiger partial charge in [0.25, 0.3) is 0 Å². The van der Waals surface area contributed by atoms with Crippen molar-refractivity contribution in [2.45, 2.75) is 26.4 Å². The molecule has 1 unspecified atom stereocenters. The molecule has 1 atom stereocenters. The topological polar surface area (TPSA) is 105 Å². The van der Waals surface area contributed by atoms with Gasteiger partial charge in [-0.2, -0.15) is 0 Å². The predicted octanol–water partition coefficient (Wildman–Crippen LogP) is 1.97. The summed E-state index contributed by atoms with van der Waals surface area (Å²) in [5, 5.41) is 23.7. The number of hydrogen-bond acceptors (Lipinski definition) is 5. The van der Waals surface area contributed by atoms with Crippen LogP contribution in [0.5, 0.6) is 0 Å². The molecule has 0 saturated carbocycles. The van der Waals surface area contributed by atoms with Crippen LogP contribution >= 0.6 is 0 Å². The van der Waals surface area contributed by atoms with Crippen molar-refractivity contribution >= 4 is 17.6 Å².